The van der Waals surface area contributed by atoms with Crippen LogP contribution in [0.2, 0.25) is 0 Å². The molecule has 0 aliphatic rings. The zero-order chi connectivity index (χ0) is 17.7. The number of nitrogens with zero attached hydrogens (tertiary/aromatic N) is 2. The Balaban J connectivity index is 2.30. The first-order valence-corrected chi connectivity index (χ1v) is 7.11. The predicted octanol–water partition coefficient (Wildman–Crippen LogP) is 3.11. The lowest BCUT2D eigenvalue weighted by atomic mass is 10.1. The highest BCUT2D eigenvalue weighted by Crippen LogP contribution is 2.27. The largest absolute Gasteiger partial charge is 0.486 e. The second-order valence-electron chi connectivity index (χ2n) is 5.44. The summed E-state index contributed by atoms with van der Waals surface area (Å²) < 4.78 is 33.1. The van der Waals surface area contributed by atoms with Gasteiger partial charge in [0, 0.05) is 12.4 Å². The molecule has 0 aliphatic carbocycles. The van der Waals surface area contributed by atoms with E-state index >= 15 is 0 Å². The minimum Gasteiger partial charge on any atom is -0.486 e. The molecule has 0 radical (unpaired) electrons. The zero-order valence-electron chi connectivity index (χ0n) is 13.3. The first-order chi connectivity index (χ1) is 11.3. The fourth-order valence-corrected chi connectivity index (χ4v) is 1.72. The van der Waals surface area contributed by atoms with Gasteiger partial charge in [0.15, 0.2) is 17.4 Å². The van der Waals surface area contributed by atoms with Crippen LogP contribution in [0.3, 0.4) is 0 Å². The molecule has 2 aromatic rings. The summed E-state index contributed by atoms with van der Waals surface area (Å²) in [5, 5.41) is 9.54. The minimum absolute atomic E-state index is 0.0236. The molecule has 0 saturated heterocycles. The Hall–Kier alpha value is -2.78. The Kier molecular flexibility index (Phi) is 5.27. The molecule has 0 amide bonds. The van der Waals surface area contributed by atoms with Crippen LogP contribution in [0.5, 0.6) is 5.75 Å². The van der Waals surface area contributed by atoms with Crippen molar-refractivity contribution in [2.75, 3.05) is 6.61 Å². The van der Waals surface area contributed by atoms with Crippen LogP contribution in [0.4, 0.5) is 8.78 Å². The first-order valence-electron chi connectivity index (χ1n) is 7.11. The Morgan fingerprint density at radius 3 is 2.50 bits per heavy atom. The molecule has 0 fully saturated rings. The van der Waals surface area contributed by atoms with Crippen molar-refractivity contribution >= 4 is 0 Å². The van der Waals surface area contributed by atoms with Gasteiger partial charge >= 0.3 is 0 Å². The molecule has 0 aliphatic heterocycles. The average Bonchev–Trinajstić information content (AvgIpc) is 2.54. The summed E-state index contributed by atoms with van der Waals surface area (Å²) in [4.78, 5) is 7.97. The molecule has 1 heterocycles. The van der Waals surface area contributed by atoms with Gasteiger partial charge in [-0.25, -0.2) is 14.4 Å². The van der Waals surface area contributed by atoms with Crippen molar-refractivity contribution in [3.05, 3.63) is 54.4 Å². The van der Waals surface area contributed by atoms with Crippen molar-refractivity contribution in [3.8, 4) is 29.0 Å². The Morgan fingerprint density at radius 1 is 1.25 bits per heavy atom. The van der Waals surface area contributed by atoms with E-state index in [1.54, 1.807) is 13.8 Å². The van der Waals surface area contributed by atoms with Crippen LogP contribution in [-0.2, 0) is 0 Å². The molecule has 1 N–H and O–H groups in total. The van der Waals surface area contributed by atoms with Crippen molar-refractivity contribution in [2.45, 2.75) is 19.4 Å². The zero-order valence-corrected chi connectivity index (χ0v) is 13.3. The second kappa shape index (κ2) is 7.20. The number of ether oxygens (including phenoxy) is 1. The lowest BCUT2D eigenvalue weighted by Crippen LogP contribution is -2.14. The molecule has 1 aromatic carbocycles. The average molecular weight is 330 g/mol. The monoisotopic (exact) mass is 330 g/mol. The second-order valence-corrected chi connectivity index (χ2v) is 5.44. The van der Waals surface area contributed by atoms with E-state index in [0.29, 0.717) is 5.56 Å². The molecular formula is C18H16F2N2O2. The molecule has 4 nitrogen and oxygen atoms in total. The van der Waals surface area contributed by atoms with Crippen LogP contribution in [0.25, 0.3) is 11.4 Å². The number of halogens is 2. The van der Waals surface area contributed by atoms with Gasteiger partial charge in [-0.15, -0.1) is 0 Å². The van der Waals surface area contributed by atoms with Crippen LogP contribution in [-0.4, -0.2) is 27.3 Å². The maximum atomic E-state index is 14.2. The van der Waals surface area contributed by atoms with E-state index in [4.69, 9.17) is 4.74 Å². The fourth-order valence-electron chi connectivity index (χ4n) is 1.72. The van der Waals surface area contributed by atoms with Crippen molar-refractivity contribution in [3.63, 3.8) is 0 Å². The van der Waals surface area contributed by atoms with E-state index in [1.807, 2.05) is 0 Å². The maximum absolute atomic E-state index is 14.2. The molecule has 24 heavy (non-hydrogen) atoms. The van der Waals surface area contributed by atoms with Crippen LogP contribution in [0.15, 0.2) is 37.2 Å². The quantitative estimate of drug-likeness (QED) is 0.691. The van der Waals surface area contributed by atoms with Gasteiger partial charge < -0.3 is 9.84 Å². The van der Waals surface area contributed by atoms with Gasteiger partial charge in [-0.05, 0) is 26.0 Å². The summed E-state index contributed by atoms with van der Waals surface area (Å²) >= 11 is 0. The Morgan fingerprint density at radius 2 is 1.92 bits per heavy atom. The molecule has 1 aromatic heterocycles. The number of aromatic nitrogens is 2. The van der Waals surface area contributed by atoms with Gasteiger partial charge in [0.2, 0.25) is 5.82 Å². The molecule has 6 heteroatoms. The van der Waals surface area contributed by atoms with Gasteiger partial charge in [-0.3, -0.25) is 0 Å². The molecule has 0 unspecified atom stereocenters. The number of benzene rings is 1. The van der Waals surface area contributed by atoms with Gasteiger partial charge in [0.1, 0.15) is 12.2 Å². The maximum Gasteiger partial charge on any atom is 0.201 e. The van der Waals surface area contributed by atoms with E-state index in [1.165, 1.54) is 30.6 Å². The smallest absolute Gasteiger partial charge is 0.201 e. The van der Waals surface area contributed by atoms with Gasteiger partial charge in [0.25, 0.3) is 0 Å². The number of rotatable bonds is 4. The highest BCUT2D eigenvalue weighted by atomic mass is 19.2. The molecular weight excluding hydrogens is 314 g/mol. The molecule has 0 spiro atoms. The minimum atomic E-state index is -1.14. The van der Waals surface area contributed by atoms with E-state index in [-0.39, 0.29) is 23.7 Å². The third-order valence-corrected chi connectivity index (χ3v) is 2.81. The summed E-state index contributed by atoms with van der Waals surface area (Å²) in [6.45, 7) is 6.60. The number of hydrogen-bond acceptors (Lipinski definition) is 4. The van der Waals surface area contributed by atoms with E-state index in [0.717, 1.165) is 0 Å². The Labute approximate surface area is 138 Å². The topological polar surface area (TPSA) is 55.2 Å². The summed E-state index contributed by atoms with van der Waals surface area (Å²) in [7, 11) is 0. The van der Waals surface area contributed by atoms with Gasteiger partial charge in [-0.1, -0.05) is 24.5 Å². The normalized spacial score (nSPS) is 10.7. The standard InChI is InChI=1S/C18H16F2N2O2/c1-4-9-24-14-6-5-13(15(19)16(14)20)17-21-10-12(11-22-17)7-8-18(2,3)23/h4-6,10-11,23H,1,9H2,2-3H3. The van der Waals surface area contributed by atoms with E-state index in [9.17, 15) is 13.9 Å². The molecule has 2 rings (SSSR count). The van der Waals surface area contributed by atoms with Crippen molar-refractivity contribution in [1.82, 2.24) is 9.97 Å². The van der Waals surface area contributed by atoms with E-state index in [2.05, 4.69) is 28.4 Å². The van der Waals surface area contributed by atoms with Crippen LogP contribution in [0.1, 0.15) is 19.4 Å². The lowest BCUT2D eigenvalue weighted by Gasteiger charge is -2.08. The fraction of sp³-hybridized carbons (Fsp3) is 0.222. The summed E-state index contributed by atoms with van der Waals surface area (Å²) in [5.41, 5.74) is -0.775. The summed E-state index contributed by atoms with van der Waals surface area (Å²) in [5.74, 6) is 2.93. The van der Waals surface area contributed by atoms with Gasteiger partial charge in [0.05, 0.1) is 11.1 Å². The summed E-state index contributed by atoms with van der Waals surface area (Å²) in [6.07, 6.45) is 4.18. The molecule has 0 bridgehead atoms. The van der Waals surface area contributed by atoms with Crippen molar-refractivity contribution in [2.24, 2.45) is 0 Å². The SMILES string of the molecule is C=CCOc1ccc(-c2ncc(C#CC(C)(C)O)cn2)c(F)c1F. The lowest BCUT2D eigenvalue weighted by molar-refractivity contribution is 0.143. The first kappa shape index (κ1) is 17.6. The van der Waals surface area contributed by atoms with Gasteiger partial charge in [-0.2, -0.15) is 4.39 Å². The van der Waals surface area contributed by atoms with E-state index < -0.39 is 17.2 Å². The van der Waals surface area contributed by atoms with Crippen molar-refractivity contribution < 1.29 is 18.6 Å². The molecule has 0 saturated carbocycles. The highest BCUT2D eigenvalue weighted by molar-refractivity contribution is 5.58. The van der Waals surface area contributed by atoms with Crippen molar-refractivity contribution in [1.29, 1.82) is 0 Å². The third kappa shape index (κ3) is 4.37. The Bertz CT molecular complexity index is 801. The summed E-state index contributed by atoms with van der Waals surface area (Å²) in [6, 6.07) is 2.65. The van der Waals surface area contributed by atoms with Crippen LogP contribution < -0.4 is 4.74 Å². The van der Waals surface area contributed by atoms with Crippen LogP contribution in [0, 0.1) is 23.5 Å². The van der Waals surface area contributed by atoms with Crippen LogP contribution >= 0.6 is 0 Å². The predicted molar refractivity (Wildman–Crippen MR) is 86.3 cm³/mol. The molecule has 124 valence electrons. The third-order valence-electron chi connectivity index (χ3n) is 2.81. The number of aliphatic hydroxyl groups is 1. The molecule has 0 atom stereocenters. The highest BCUT2D eigenvalue weighted by Gasteiger charge is 2.17. The number of hydrogen-bond donors (Lipinski definition) is 1.